The molecule has 3 N–H and O–H groups in total. The van der Waals surface area contributed by atoms with E-state index in [0.717, 1.165) is 37.5 Å². The van der Waals surface area contributed by atoms with E-state index in [9.17, 15) is 14.5 Å². The number of nitrogens with two attached hydrogens (primary N) is 1. The molecule has 2 aromatic carbocycles. The number of para-hydroxylation sites is 3. The van der Waals surface area contributed by atoms with E-state index in [1.54, 1.807) is 0 Å². The fourth-order valence-electron chi connectivity index (χ4n) is 2.53. The van der Waals surface area contributed by atoms with E-state index >= 15 is 0 Å². The first kappa shape index (κ1) is 17.7. The van der Waals surface area contributed by atoms with Gasteiger partial charge in [0.15, 0.2) is 0 Å². The molecule has 0 aliphatic carbocycles. The molecule has 0 bridgehead atoms. The molecule has 1 aliphatic rings. The summed E-state index contributed by atoms with van der Waals surface area (Å²) in [5.74, 6) is -0.799. The van der Waals surface area contributed by atoms with Gasteiger partial charge in [0.1, 0.15) is 0 Å². The fraction of sp³-hybridized carbons (Fsp3) is 0.294. The predicted octanol–water partition coefficient (Wildman–Crippen LogP) is 2.80. The average Bonchev–Trinajstić information content (AvgIpc) is 2.56. The van der Waals surface area contributed by atoms with Gasteiger partial charge in [0.05, 0.1) is 16.3 Å². The van der Waals surface area contributed by atoms with Gasteiger partial charge < -0.3 is 16.0 Å². The van der Waals surface area contributed by atoms with Gasteiger partial charge in [0.25, 0.3) is 0 Å². The molecule has 3 rings (SSSR count). The SMILES string of the molecule is CC1CN(c2ccccc2N)CCN1.O=[N+]([O-])c1ccccc1F. The van der Waals surface area contributed by atoms with Crippen LogP contribution in [0.15, 0.2) is 48.5 Å². The number of rotatable bonds is 2. The van der Waals surface area contributed by atoms with Crippen LogP contribution in [0.4, 0.5) is 21.5 Å². The number of piperazine rings is 1. The lowest BCUT2D eigenvalue weighted by atomic mass is 10.2. The van der Waals surface area contributed by atoms with Gasteiger partial charge in [0.2, 0.25) is 5.82 Å². The Morgan fingerprint density at radius 1 is 1.25 bits per heavy atom. The Kier molecular flexibility index (Phi) is 6.08. The van der Waals surface area contributed by atoms with E-state index in [2.05, 4.69) is 23.2 Å². The van der Waals surface area contributed by atoms with Crippen molar-refractivity contribution in [1.82, 2.24) is 5.32 Å². The van der Waals surface area contributed by atoms with E-state index in [1.165, 1.54) is 17.8 Å². The lowest BCUT2D eigenvalue weighted by molar-refractivity contribution is -0.387. The topological polar surface area (TPSA) is 84.4 Å². The van der Waals surface area contributed by atoms with E-state index in [4.69, 9.17) is 5.73 Å². The minimum Gasteiger partial charge on any atom is -0.397 e. The minimum atomic E-state index is -0.799. The van der Waals surface area contributed by atoms with E-state index in [-0.39, 0.29) is 0 Å². The quantitative estimate of drug-likeness (QED) is 0.502. The van der Waals surface area contributed by atoms with Crippen LogP contribution in [0.1, 0.15) is 6.92 Å². The molecule has 1 fully saturated rings. The third-order valence-corrected chi connectivity index (χ3v) is 3.70. The molecule has 0 amide bonds. The largest absolute Gasteiger partial charge is 0.397 e. The molecule has 24 heavy (non-hydrogen) atoms. The molecule has 2 aromatic rings. The van der Waals surface area contributed by atoms with Crippen LogP contribution in [0.5, 0.6) is 0 Å². The monoisotopic (exact) mass is 332 g/mol. The van der Waals surface area contributed by atoms with Crippen molar-refractivity contribution in [2.45, 2.75) is 13.0 Å². The minimum absolute atomic E-state index is 0.484. The number of hydrogen-bond acceptors (Lipinski definition) is 5. The molecule has 0 spiro atoms. The standard InChI is InChI=1S/C11H17N3.C6H4FNO2/c1-9-8-14(7-6-13-9)11-5-3-2-4-10(11)12;7-5-3-1-2-4-6(5)8(9)10/h2-5,9,13H,6-8,12H2,1H3;1-4H. The van der Waals surface area contributed by atoms with Crippen LogP contribution < -0.4 is 16.0 Å². The zero-order valence-corrected chi connectivity index (χ0v) is 13.5. The number of benzene rings is 2. The Bertz CT molecular complexity index is 696. The summed E-state index contributed by atoms with van der Waals surface area (Å²) < 4.78 is 12.4. The van der Waals surface area contributed by atoms with Gasteiger partial charge in [-0.05, 0) is 25.1 Å². The van der Waals surface area contributed by atoms with Crippen molar-refractivity contribution in [3.05, 3.63) is 64.5 Å². The van der Waals surface area contributed by atoms with Gasteiger partial charge in [-0.2, -0.15) is 4.39 Å². The second kappa shape index (κ2) is 8.26. The van der Waals surface area contributed by atoms with Crippen LogP contribution in [0, 0.1) is 15.9 Å². The second-order valence-corrected chi connectivity index (χ2v) is 5.57. The number of anilines is 2. The third kappa shape index (κ3) is 4.66. The molecular formula is C17H21FN4O2. The fourth-order valence-corrected chi connectivity index (χ4v) is 2.53. The van der Waals surface area contributed by atoms with Crippen molar-refractivity contribution in [2.75, 3.05) is 30.3 Å². The first-order chi connectivity index (χ1) is 11.5. The summed E-state index contributed by atoms with van der Waals surface area (Å²) in [7, 11) is 0. The Labute approximate surface area is 140 Å². The Hall–Kier alpha value is -2.67. The molecule has 0 radical (unpaired) electrons. The molecule has 1 unspecified atom stereocenters. The second-order valence-electron chi connectivity index (χ2n) is 5.57. The lowest BCUT2D eigenvalue weighted by Gasteiger charge is -2.34. The molecule has 128 valence electrons. The number of hydrogen-bond donors (Lipinski definition) is 2. The predicted molar refractivity (Wildman–Crippen MR) is 93.6 cm³/mol. The van der Waals surface area contributed by atoms with Crippen LogP contribution in [0.25, 0.3) is 0 Å². The maximum Gasteiger partial charge on any atom is 0.304 e. The summed E-state index contributed by atoms with van der Waals surface area (Å²) in [4.78, 5) is 11.6. The molecule has 1 aliphatic heterocycles. The highest BCUT2D eigenvalue weighted by Gasteiger charge is 2.16. The van der Waals surface area contributed by atoms with Crippen LogP contribution in [0.3, 0.4) is 0 Å². The van der Waals surface area contributed by atoms with E-state index in [1.807, 2.05) is 18.2 Å². The summed E-state index contributed by atoms with van der Waals surface area (Å²) in [6, 6.07) is 13.6. The molecule has 1 atom stereocenters. The molecular weight excluding hydrogens is 311 g/mol. The summed E-state index contributed by atoms with van der Waals surface area (Å²) in [6.45, 7) is 5.31. The zero-order valence-electron chi connectivity index (χ0n) is 13.5. The van der Waals surface area contributed by atoms with Crippen molar-refractivity contribution in [3.63, 3.8) is 0 Å². The van der Waals surface area contributed by atoms with Crippen molar-refractivity contribution < 1.29 is 9.31 Å². The highest BCUT2D eigenvalue weighted by atomic mass is 19.1. The highest BCUT2D eigenvalue weighted by molar-refractivity contribution is 5.67. The number of nitrogen functional groups attached to an aromatic ring is 1. The zero-order chi connectivity index (χ0) is 17.5. The van der Waals surface area contributed by atoms with Crippen LogP contribution in [0.2, 0.25) is 0 Å². The highest BCUT2D eigenvalue weighted by Crippen LogP contribution is 2.23. The first-order valence-corrected chi connectivity index (χ1v) is 7.71. The Morgan fingerprint density at radius 3 is 2.50 bits per heavy atom. The number of nitro benzene ring substituents is 1. The molecule has 0 aromatic heterocycles. The smallest absolute Gasteiger partial charge is 0.304 e. The maximum atomic E-state index is 12.4. The summed E-state index contributed by atoms with van der Waals surface area (Å²) in [5.41, 5.74) is 7.49. The lowest BCUT2D eigenvalue weighted by Crippen LogP contribution is -2.49. The number of nitro groups is 1. The van der Waals surface area contributed by atoms with Gasteiger partial charge in [-0.3, -0.25) is 10.1 Å². The first-order valence-electron chi connectivity index (χ1n) is 7.71. The van der Waals surface area contributed by atoms with Crippen LogP contribution in [-0.2, 0) is 0 Å². The summed E-state index contributed by atoms with van der Waals surface area (Å²) in [5, 5.41) is 13.4. The normalized spacial score (nSPS) is 16.9. The van der Waals surface area contributed by atoms with Gasteiger partial charge in [0, 0.05) is 31.7 Å². The number of nitrogens with one attached hydrogen (secondary N) is 1. The summed E-state index contributed by atoms with van der Waals surface area (Å²) >= 11 is 0. The van der Waals surface area contributed by atoms with Crippen molar-refractivity contribution in [2.24, 2.45) is 0 Å². The molecule has 6 nitrogen and oxygen atoms in total. The maximum absolute atomic E-state index is 12.4. The van der Waals surface area contributed by atoms with E-state index in [0.29, 0.717) is 6.04 Å². The van der Waals surface area contributed by atoms with Crippen molar-refractivity contribution in [3.8, 4) is 0 Å². The van der Waals surface area contributed by atoms with Crippen LogP contribution >= 0.6 is 0 Å². The van der Waals surface area contributed by atoms with Crippen LogP contribution in [-0.4, -0.2) is 30.6 Å². The third-order valence-electron chi connectivity index (χ3n) is 3.70. The number of nitrogens with zero attached hydrogens (tertiary/aromatic N) is 2. The van der Waals surface area contributed by atoms with Crippen molar-refractivity contribution >= 4 is 17.1 Å². The number of halogens is 1. The molecule has 7 heteroatoms. The summed E-state index contributed by atoms with van der Waals surface area (Å²) in [6.07, 6.45) is 0. The Morgan fingerprint density at radius 2 is 1.92 bits per heavy atom. The molecule has 0 saturated carbocycles. The van der Waals surface area contributed by atoms with Crippen molar-refractivity contribution in [1.29, 1.82) is 0 Å². The molecule has 1 heterocycles. The van der Waals surface area contributed by atoms with Gasteiger partial charge >= 0.3 is 5.69 Å². The van der Waals surface area contributed by atoms with Gasteiger partial charge in [-0.15, -0.1) is 0 Å². The van der Waals surface area contributed by atoms with Gasteiger partial charge in [-0.1, -0.05) is 24.3 Å². The Balaban J connectivity index is 0.000000185. The van der Waals surface area contributed by atoms with Gasteiger partial charge in [-0.25, -0.2) is 0 Å². The van der Waals surface area contributed by atoms with E-state index < -0.39 is 16.4 Å². The molecule has 1 saturated heterocycles. The average molecular weight is 332 g/mol.